The van der Waals surface area contributed by atoms with Crippen molar-refractivity contribution in [3.8, 4) is 0 Å². The largest absolute Gasteiger partial charge is 0.481 e. The zero-order valence-corrected chi connectivity index (χ0v) is 12.2. The van der Waals surface area contributed by atoms with E-state index >= 15 is 0 Å². The van der Waals surface area contributed by atoms with Gasteiger partial charge in [-0.3, -0.25) is 9.59 Å². The van der Waals surface area contributed by atoms with Gasteiger partial charge in [-0.05, 0) is 18.9 Å². The fraction of sp³-hybridized carbons (Fsp3) is 0.333. The van der Waals surface area contributed by atoms with Crippen LogP contribution >= 0.6 is 11.6 Å². The van der Waals surface area contributed by atoms with Gasteiger partial charge in [0.1, 0.15) is 5.69 Å². The quantitative estimate of drug-likeness (QED) is 0.687. The molecule has 0 spiro atoms. The van der Waals surface area contributed by atoms with Crippen molar-refractivity contribution in [2.24, 2.45) is 0 Å². The second-order valence-electron chi connectivity index (χ2n) is 4.82. The molecule has 112 valence electrons. The number of H-pyrrole nitrogens is 1. The molecule has 3 N–H and O–H groups in total. The Labute approximate surface area is 127 Å². The van der Waals surface area contributed by atoms with E-state index in [0.717, 1.165) is 23.7 Å². The van der Waals surface area contributed by atoms with Crippen LogP contribution in [0.25, 0.3) is 10.9 Å². The summed E-state index contributed by atoms with van der Waals surface area (Å²) in [6, 6.07) is 7.46. The zero-order valence-electron chi connectivity index (χ0n) is 11.5. The molecule has 0 aliphatic carbocycles. The van der Waals surface area contributed by atoms with Gasteiger partial charge in [0.15, 0.2) is 0 Å². The Kier molecular flexibility index (Phi) is 5.22. The lowest BCUT2D eigenvalue weighted by atomic mass is 10.2. The van der Waals surface area contributed by atoms with E-state index in [-0.39, 0.29) is 12.3 Å². The molecule has 2 rings (SSSR count). The average molecular weight is 309 g/mol. The highest BCUT2D eigenvalue weighted by Crippen LogP contribution is 2.26. The Hall–Kier alpha value is -2.01. The molecular weight excluding hydrogens is 292 g/mol. The molecule has 0 aliphatic heterocycles. The fourth-order valence-electron chi connectivity index (χ4n) is 2.13. The summed E-state index contributed by atoms with van der Waals surface area (Å²) >= 11 is 6.19. The summed E-state index contributed by atoms with van der Waals surface area (Å²) in [5, 5.41) is 12.6. The molecule has 0 radical (unpaired) electrons. The minimum Gasteiger partial charge on any atom is -0.481 e. The van der Waals surface area contributed by atoms with Gasteiger partial charge in [0.05, 0.1) is 5.02 Å². The molecule has 1 heterocycles. The molecular formula is C15H17ClN2O3. The number of para-hydroxylation sites is 1. The van der Waals surface area contributed by atoms with E-state index < -0.39 is 5.97 Å². The first kappa shape index (κ1) is 15.4. The van der Waals surface area contributed by atoms with Crippen molar-refractivity contribution < 1.29 is 14.7 Å². The number of hydrogen-bond donors (Lipinski definition) is 3. The maximum absolute atomic E-state index is 12.1. The highest BCUT2D eigenvalue weighted by molar-refractivity contribution is 6.38. The van der Waals surface area contributed by atoms with Crippen molar-refractivity contribution in [3.63, 3.8) is 0 Å². The number of fused-ring (bicyclic) bond motifs is 1. The van der Waals surface area contributed by atoms with Gasteiger partial charge in [-0.1, -0.05) is 36.2 Å². The van der Waals surface area contributed by atoms with E-state index in [0.29, 0.717) is 23.7 Å². The molecule has 0 saturated carbocycles. The van der Waals surface area contributed by atoms with Crippen molar-refractivity contribution >= 4 is 34.4 Å². The van der Waals surface area contributed by atoms with Crippen LogP contribution in [-0.2, 0) is 4.79 Å². The summed E-state index contributed by atoms with van der Waals surface area (Å²) in [5.74, 6) is -1.03. The van der Waals surface area contributed by atoms with Crippen LogP contribution in [0.5, 0.6) is 0 Å². The van der Waals surface area contributed by atoms with Crippen LogP contribution in [0, 0.1) is 0 Å². The van der Waals surface area contributed by atoms with E-state index in [9.17, 15) is 9.59 Å². The van der Waals surface area contributed by atoms with Crippen molar-refractivity contribution in [2.45, 2.75) is 25.7 Å². The number of hydrogen-bond acceptors (Lipinski definition) is 2. The standard InChI is InChI=1S/C15H17ClN2O3/c16-13-10-6-3-4-7-11(10)18-14(13)15(21)17-9-5-1-2-8-12(19)20/h3-4,6-7,18H,1-2,5,8-9H2,(H,17,21)(H,19,20). The maximum atomic E-state index is 12.1. The number of carboxylic acid groups (broad SMARTS) is 1. The summed E-state index contributed by atoms with van der Waals surface area (Å²) in [4.78, 5) is 25.4. The molecule has 0 atom stereocenters. The third kappa shape index (κ3) is 3.98. The van der Waals surface area contributed by atoms with Crippen LogP contribution in [0.3, 0.4) is 0 Å². The number of benzene rings is 1. The molecule has 0 unspecified atom stereocenters. The van der Waals surface area contributed by atoms with Gasteiger partial charge < -0.3 is 15.4 Å². The predicted octanol–water partition coefficient (Wildman–Crippen LogP) is 3.20. The number of carbonyl (C=O) groups excluding carboxylic acids is 1. The number of nitrogens with one attached hydrogen (secondary N) is 2. The average Bonchev–Trinajstić information content (AvgIpc) is 2.80. The summed E-state index contributed by atoms with van der Waals surface area (Å²) in [6.07, 6.45) is 2.31. The monoisotopic (exact) mass is 308 g/mol. The predicted molar refractivity (Wildman–Crippen MR) is 81.7 cm³/mol. The second-order valence-corrected chi connectivity index (χ2v) is 5.20. The molecule has 0 aliphatic rings. The highest BCUT2D eigenvalue weighted by Gasteiger charge is 2.15. The number of carboxylic acids is 1. The Balaban J connectivity index is 1.85. The molecule has 6 heteroatoms. The third-order valence-electron chi connectivity index (χ3n) is 3.22. The number of aromatic amines is 1. The normalized spacial score (nSPS) is 10.7. The van der Waals surface area contributed by atoms with Gasteiger partial charge in [0, 0.05) is 23.9 Å². The van der Waals surface area contributed by atoms with Gasteiger partial charge >= 0.3 is 5.97 Å². The first-order valence-electron chi connectivity index (χ1n) is 6.86. The minimum atomic E-state index is -0.788. The molecule has 1 amide bonds. The molecule has 0 bridgehead atoms. The molecule has 0 saturated heterocycles. The SMILES string of the molecule is O=C(O)CCCCCNC(=O)c1[nH]c2ccccc2c1Cl. The van der Waals surface area contributed by atoms with Crippen molar-refractivity contribution in [3.05, 3.63) is 35.0 Å². The first-order chi connectivity index (χ1) is 10.1. The van der Waals surface area contributed by atoms with Crippen molar-refractivity contribution in [1.29, 1.82) is 0 Å². The number of amides is 1. The van der Waals surface area contributed by atoms with E-state index in [4.69, 9.17) is 16.7 Å². The molecule has 1 aromatic heterocycles. The Bertz CT molecular complexity index is 651. The van der Waals surface area contributed by atoms with E-state index in [1.54, 1.807) is 0 Å². The lowest BCUT2D eigenvalue weighted by Crippen LogP contribution is -2.25. The van der Waals surface area contributed by atoms with Crippen LogP contribution in [0.1, 0.15) is 36.2 Å². The van der Waals surface area contributed by atoms with Crippen LogP contribution in [0.2, 0.25) is 5.02 Å². The number of unbranched alkanes of at least 4 members (excludes halogenated alkanes) is 2. The van der Waals surface area contributed by atoms with Crippen LogP contribution in [0.4, 0.5) is 0 Å². The van der Waals surface area contributed by atoms with E-state index in [1.165, 1.54) is 0 Å². The van der Waals surface area contributed by atoms with E-state index in [2.05, 4.69) is 10.3 Å². The Morgan fingerprint density at radius 1 is 1.19 bits per heavy atom. The first-order valence-corrected chi connectivity index (χ1v) is 7.23. The Morgan fingerprint density at radius 3 is 2.67 bits per heavy atom. The van der Waals surface area contributed by atoms with Gasteiger partial charge in [-0.2, -0.15) is 0 Å². The van der Waals surface area contributed by atoms with Crippen LogP contribution in [0.15, 0.2) is 24.3 Å². The van der Waals surface area contributed by atoms with Gasteiger partial charge in [-0.25, -0.2) is 0 Å². The van der Waals surface area contributed by atoms with Crippen molar-refractivity contribution in [2.75, 3.05) is 6.54 Å². The fourth-order valence-corrected chi connectivity index (χ4v) is 2.43. The van der Waals surface area contributed by atoms with Gasteiger partial charge in [0.2, 0.25) is 0 Å². The number of carbonyl (C=O) groups is 2. The number of rotatable bonds is 7. The van der Waals surface area contributed by atoms with Crippen molar-refractivity contribution in [1.82, 2.24) is 10.3 Å². The Morgan fingerprint density at radius 2 is 1.95 bits per heavy atom. The smallest absolute Gasteiger partial charge is 0.303 e. The summed E-state index contributed by atoms with van der Waals surface area (Å²) in [5.41, 5.74) is 1.19. The number of aromatic nitrogens is 1. The van der Waals surface area contributed by atoms with Crippen LogP contribution < -0.4 is 5.32 Å². The maximum Gasteiger partial charge on any atom is 0.303 e. The second kappa shape index (κ2) is 7.13. The van der Waals surface area contributed by atoms with Gasteiger partial charge in [0.25, 0.3) is 5.91 Å². The molecule has 2 aromatic rings. The van der Waals surface area contributed by atoms with E-state index in [1.807, 2.05) is 24.3 Å². The third-order valence-corrected chi connectivity index (χ3v) is 3.62. The topological polar surface area (TPSA) is 82.2 Å². The summed E-state index contributed by atoms with van der Waals surface area (Å²) in [7, 11) is 0. The molecule has 5 nitrogen and oxygen atoms in total. The number of aliphatic carboxylic acids is 1. The summed E-state index contributed by atoms with van der Waals surface area (Å²) in [6.45, 7) is 0.504. The van der Waals surface area contributed by atoms with Gasteiger partial charge in [-0.15, -0.1) is 0 Å². The molecule has 21 heavy (non-hydrogen) atoms. The zero-order chi connectivity index (χ0) is 15.2. The minimum absolute atomic E-state index is 0.168. The molecule has 1 aromatic carbocycles. The highest BCUT2D eigenvalue weighted by atomic mass is 35.5. The lowest BCUT2D eigenvalue weighted by Gasteiger charge is -2.03. The number of halogens is 1. The molecule has 0 fully saturated rings. The van der Waals surface area contributed by atoms with Crippen LogP contribution in [-0.4, -0.2) is 28.5 Å². The lowest BCUT2D eigenvalue weighted by molar-refractivity contribution is -0.137. The summed E-state index contributed by atoms with van der Waals surface area (Å²) < 4.78 is 0.